The second kappa shape index (κ2) is 11.9. The van der Waals surface area contributed by atoms with Gasteiger partial charge in [-0.25, -0.2) is 0 Å². The third-order valence-electron chi connectivity index (χ3n) is 3.19. The Bertz CT molecular complexity index is 183. The molecule has 0 aromatic rings. The molecule has 1 amide bonds. The van der Waals surface area contributed by atoms with E-state index in [1.165, 1.54) is 19.3 Å². The Morgan fingerprint density at radius 1 is 1.18 bits per heavy atom. The number of carbonyl (C=O) groups is 1. The van der Waals surface area contributed by atoms with E-state index in [9.17, 15) is 4.79 Å². The molecule has 0 rings (SSSR count). The fourth-order valence-electron chi connectivity index (χ4n) is 1.86. The average Bonchev–Trinajstić information content (AvgIpc) is 2.35. The maximum absolute atomic E-state index is 11.5. The molecule has 1 atom stereocenters. The molecule has 0 saturated carbocycles. The van der Waals surface area contributed by atoms with Crippen LogP contribution in [0.4, 0.5) is 0 Å². The molecule has 0 spiro atoms. The van der Waals surface area contributed by atoms with Crippen molar-refractivity contribution >= 4 is 5.91 Å². The van der Waals surface area contributed by atoms with Crippen LogP contribution in [0.2, 0.25) is 0 Å². The highest BCUT2D eigenvalue weighted by Gasteiger charge is 2.07. The minimum atomic E-state index is 0.165. The zero-order valence-electron chi connectivity index (χ0n) is 11.5. The summed E-state index contributed by atoms with van der Waals surface area (Å²) in [4.78, 5) is 11.5. The molecule has 3 heteroatoms. The average molecular weight is 243 g/mol. The van der Waals surface area contributed by atoms with Crippen molar-refractivity contribution in [2.45, 2.75) is 65.2 Å². The Morgan fingerprint density at radius 2 is 1.94 bits per heavy atom. The van der Waals surface area contributed by atoms with Gasteiger partial charge in [-0.05, 0) is 25.2 Å². The van der Waals surface area contributed by atoms with Crippen LogP contribution in [-0.4, -0.2) is 24.2 Å². The van der Waals surface area contributed by atoms with E-state index >= 15 is 0 Å². The highest BCUT2D eigenvalue weighted by Crippen LogP contribution is 2.11. The molecule has 0 aliphatic heterocycles. The Labute approximate surface area is 106 Å². The van der Waals surface area contributed by atoms with Crippen LogP contribution in [-0.2, 0) is 4.79 Å². The summed E-state index contributed by atoms with van der Waals surface area (Å²) in [7, 11) is 0. The molecule has 0 aromatic carbocycles. The molecular formula is C14H29NO2. The second-order valence-corrected chi connectivity index (χ2v) is 4.75. The van der Waals surface area contributed by atoms with Crippen LogP contribution in [0.1, 0.15) is 65.2 Å². The van der Waals surface area contributed by atoms with Gasteiger partial charge >= 0.3 is 0 Å². The SMILES string of the molecule is CCCCC(CC)CNC(=O)CCCCCO. The van der Waals surface area contributed by atoms with Gasteiger partial charge in [0, 0.05) is 19.6 Å². The van der Waals surface area contributed by atoms with E-state index in [-0.39, 0.29) is 12.5 Å². The zero-order chi connectivity index (χ0) is 12.9. The Hall–Kier alpha value is -0.570. The fourth-order valence-corrected chi connectivity index (χ4v) is 1.86. The van der Waals surface area contributed by atoms with E-state index in [0.29, 0.717) is 12.3 Å². The van der Waals surface area contributed by atoms with Crippen LogP contribution in [0.3, 0.4) is 0 Å². The lowest BCUT2D eigenvalue weighted by Gasteiger charge is -2.15. The molecule has 0 aromatic heterocycles. The number of nitrogens with one attached hydrogen (secondary N) is 1. The van der Waals surface area contributed by atoms with Crippen LogP contribution in [0.25, 0.3) is 0 Å². The summed E-state index contributed by atoms with van der Waals surface area (Å²) in [6, 6.07) is 0. The number of aliphatic hydroxyl groups excluding tert-OH is 1. The lowest BCUT2D eigenvalue weighted by Crippen LogP contribution is -2.28. The number of hydrogen-bond donors (Lipinski definition) is 2. The number of carbonyl (C=O) groups excluding carboxylic acids is 1. The van der Waals surface area contributed by atoms with E-state index in [1.54, 1.807) is 0 Å². The highest BCUT2D eigenvalue weighted by molar-refractivity contribution is 5.75. The minimum Gasteiger partial charge on any atom is -0.396 e. The van der Waals surface area contributed by atoms with Gasteiger partial charge in [-0.15, -0.1) is 0 Å². The van der Waals surface area contributed by atoms with E-state index < -0.39 is 0 Å². The molecule has 0 saturated heterocycles. The van der Waals surface area contributed by atoms with E-state index in [1.807, 2.05) is 0 Å². The summed E-state index contributed by atoms with van der Waals surface area (Å²) in [5.74, 6) is 0.800. The number of hydrogen-bond acceptors (Lipinski definition) is 2. The monoisotopic (exact) mass is 243 g/mol. The molecule has 102 valence electrons. The quantitative estimate of drug-likeness (QED) is 0.548. The van der Waals surface area contributed by atoms with Gasteiger partial charge in [0.15, 0.2) is 0 Å². The predicted molar refractivity (Wildman–Crippen MR) is 71.9 cm³/mol. The van der Waals surface area contributed by atoms with E-state index in [2.05, 4.69) is 19.2 Å². The maximum atomic E-state index is 11.5. The lowest BCUT2D eigenvalue weighted by molar-refractivity contribution is -0.121. The molecule has 1 unspecified atom stereocenters. The molecule has 0 aliphatic carbocycles. The van der Waals surface area contributed by atoms with Crippen molar-refractivity contribution in [3.05, 3.63) is 0 Å². The Morgan fingerprint density at radius 3 is 2.53 bits per heavy atom. The van der Waals surface area contributed by atoms with Gasteiger partial charge in [0.25, 0.3) is 0 Å². The number of aliphatic hydroxyl groups is 1. The van der Waals surface area contributed by atoms with Crippen molar-refractivity contribution in [1.29, 1.82) is 0 Å². The van der Waals surface area contributed by atoms with Crippen LogP contribution in [0, 0.1) is 5.92 Å². The smallest absolute Gasteiger partial charge is 0.220 e. The topological polar surface area (TPSA) is 49.3 Å². The Balaban J connectivity index is 3.52. The van der Waals surface area contributed by atoms with E-state index in [0.717, 1.165) is 32.2 Å². The molecule has 0 heterocycles. The first-order chi connectivity index (χ1) is 8.24. The first-order valence-electron chi connectivity index (χ1n) is 7.12. The molecule has 0 radical (unpaired) electrons. The molecular weight excluding hydrogens is 214 g/mol. The predicted octanol–water partition coefficient (Wildman–Crippen LogP) is 2.87. The van der Waals surface area contributed by atoms with Crippen LogP contribution in [0.15, 0.2) is 0 Å². The Kier molecular flexibility index (Phi) is 11.5. The van der Waals surface area contributed by atoms with Gasteiger partial charge in [-0.2, -0.15) is 0 Å². The van der Waals surface area contributed by atoms with Gasteiger partial charge < -0.3 is 10.4 Å². The third-order valence-corrected chi connectivity index (χ3v) is 3.19. The number of unbranched alkanes of at least 4 members (excludes halogenated alkanes) is 3. The number of amides is 1. The van der Waals surface area contributed by atoms with E-state index in [4.69, 9.17) is 5.11 Å². The summed E-state index contributed by atoms with van der Waals surface area (Å²) in [6.45, 7) is 5.45. The zero-order valence-corrected chi connectivity index (χ0v) is 11.5. The summed E-state index contributed by atoms with van der Waals surface area (Å²) in [6.07, 6.45) is 8.08. The molecule has 0 bridgehead atoms. The fraction of sp³-hybridized carbons (Fsp3) is 0.929. The van der Waals surface area contributed by atoms with Gasteiger partial charge in [-0.1, -0.05) is 39.5 Å². The van der Waals surface area contributed by atoms with Crippen molar-refractivity contribution in [1.82, 2.24) is 5.32 Å². The lowest BCUT2D eigenvalue weighted by atomic mass is 9.99. The van der Waals surface area contributed by atoms with Crippen molar-refractivity contribution in [3.63, 3.8) is 0 Å². The second-order valence-electron chi connectivity index (χ2n) is 4.75. The summed E-state index contributed by atoms with van der Waals surface area (Å²) in [5, 5.41) is 11.6. The molecule has 17 heavy (non-hydrogen) atoms. The van der Waals surface area contributed by atoms with Crippen molar-refractivity contribution in [2.75, 3.05) is 13.2 Å². The normalized spacial score (nSPS) is 12.4. The molecule has 0 aliphatic rings. The van der Waals surface area contributed by atoms with Crippen LogP contribution < -0.4 is 5.32 Å². The van der Waals surface area contributed by atoms with Crippen molar-refractivity contribution in [2.24, 2.45) is 5.92 Å². The molecule has 0 fully saturated rings. The van der Waals surface area contributed by atoms with Crippen LogP contribution >= 0.6 is 0 Å². The van der Waals surface area contributed by atoms with Gasteiger partial charge in [0.1, 0.15) is 0 Å². The molecule has 2 N–H and O–H groups in total. The van der Waals surface area contributed by atoms with Gasteiger partial charge in [-0.3, -0.25) is 4.79 Å². The maximum Gasteiger partial charge on any atom is 0.220 e. The largest absolute Gasteiger partial charge is 0.396 e. The summed E-state index contributed by atoms with van der Waals surface area (Å²) in [5.41, 5.74) is 0. The van der Waals surface area contributed by atoms with Crippen LogP contribution in [0.5, 0.6) is 0 Å². The summed E-state index contributed by atoms with van der Waals surface area (Å²) >= 11 is 0. The minimum absolute atomic E-state index is 0.165. The highest BCUT2D eigenvalue weighted by atomic mass is 16.2. The van der Waals surface area contributed by atoms with Crippen molar-refractivity contribution in [3.8, 4) is 0 Å². The first-order valence-corrected chi connectivity index (χ1v) is 7.12. The van der Waals surface area contributed by atoms with Crippen molar-refractivity contribution < 1.29 is 9.90 Å². The standard InChI is InChI=1S/C14H29NO2/c1-3-5-9-13(4-2)12-15-14(17)10-7-6-8-11-16/h13,16H,3-12H2,1-2H3,(H,15,17). The molecule has 3 nitrogen and oxygen atoms in total. The van der Waals surface area contributed by atoms with Gasteiger partial charge in [0.05, 0.1) is 0 Å². The first kappa shape index (κ1) is 16.4. The third kappa shape index (κ3) is 10.3. The summed E-state index contributed by atoms with van der Waals surface area (Å²) < 4.78 is 0. The van der Waals surface area contributed by atoms with Gasteiger partial charge in [0.2, 0.25) is 5.91 Å². The number of rotatable bonds is 11.